The van der Waals surface area contributed by atoms with Crippen molar-refractivity contribution in [3.8, 4) is 0 Å². The lowest BCUT2D eigenvalue weighted by Crippen LogP contribution is -1.87. The number of alkyl halides is 1. The van der Waals surface area contributed by atoms with Crippen molar-refractivity contribution in [3.63, 3.8) is 0 Å². The van der Waals surface area contributed by atoms with Crippen molar-refractivity contribution in [2.24, 2.45) is 0 Å². The summed E-state index contributed by atoms with van der Waals surface area (Å²) < 4.78 is 0.880. The second kappa shape index (κ2) is 4.69. The summed E-state index contributed by atoms with van der Waals surface area (Å²) >= 11 is 11.4. The first-order valence-electron chi connectivity index (χ1n) is 4.63. The van der Waals surface area contributed by atoms with Crippen LogP contribution < -0.4 is 0 Å². The zero-order chi connectivity index (χ0) is 10.8. The van der Waals surface area contributed by atoms with Gasteiger partial charge >= 0.3 is 0 Å². The van der Waals surface area contributed by atoms with Gasteiger partial charge in [0.2, 0.25) is 0 Å². The Morgan fingerprint density at radius 1 is 1.27 bits per heavy atom. The molecule has 2 aromatic rings. The first kappa shape index (κ1) is 11.2. The van der Waals surface area contributed by atoms with E-state index in [0.29, 0.717) is 0 Å². The maximum absolute atomic E-state index is 6.06. The molecule has 0 saturated carbocycles. The van der Waals surface area contributed by atoms with E-state index in [0.717, 1.165) is 9.90 Å². The first-order chi connectivity index (χ1) is 7.18. The zero-order valence-corrected chi connectivity index (χ0v) is 11.4. The first-order valence-corrected chi connectivity index (χ1v) is 6.74. The Morgan fingerprint density at radius 3 is 2.47 bits per heavy atom. The average molecular weight is 302 g/mol. The predicted molar refractivity (Wildman–Crippen MR) is 71.3 cm³/mol. The highest BCUT2D eigenvalue weighted by molar-refractivity contribution is 9.09. The lowest BCUT2D eigenvalue weighted by Gasteiger charge is -2.06. The van der Waals surface area contributed by atoms with Gasteiger partial charge < -0.3 is 0 Å². The number of halogens is 2. The van der Waals surface area contributed by atoms with E-state index in [9.17, 15) is 0 Å². The van der Waals surface area contributed by atoms with Crippen molar-refractivity contribution in [3.05, 3.63) is 56.7 Å². The van der Waals surface area contributed by atoms with E-state index in [1.807, 2.05) is 25.1 Å². The molecule has 3 heteroatoms. The normalized spacial score (nSPS) is 12.7. The fourth-order valence-electron chi connectivity index (χ4n) is 1.39. The van der Waals surface area contributed by atoms with Crippen molar-refractivity contribution in [2.45, 2.75) is 11.8 Å². The van der Waals surface area contributed by atoms with Crippen LogP contribution in [0.2, 0.25) is 4.34 Å². The topological polar surface area (TPSA) is 0 Å². The fourth-order valence-corrected chi connectivity index (χ4v) is 3.34. The zero-order valence-electron chi connectivity index (χ0n) is 8.21. The van der Waals surface area contributed by atoms with Gasteiger partial charge in [0.15, 0.2) is 0 Å². The quantitative estimate of drug-likeness (QED) is 0.669. The number of hydrogen-bond acceptors (Lipinski definition) is 1. The molecule has 0 aliphatic rings. The molecule has 0 aliphatic heterocycles. The Morgan fingerprint density at radius 2 is 1.93 bits per heavy atom. The number of hydrogen-bond donors (Lipinski definition) is 0. The second-order valence-corrected chi connectivity index (χ2v) is 5.98. The van der Waals surface area contributed by atoms with Crippen LogP contribution in [0, 0.1) is 6.92 Å². The van der Waals surface area contributed by atoms with E-state index in [-0.39, 0.29) is 4.83 Å². The highest BCUT2D eigenvalue weighted by Gasteiger charge is 2.13. The Bertz CT molecular complexity index is 430. The van der Waals surface area contributed by atoms with E-state index in [1.54, 1.807) is 11.3 Å². The predicted octanol–water partition coefficient (Wildman–Crippen LogP) is 5.19. The number of rotatable bonds is 2. The van der Waals surface area contributed by atoms with Gasteiger partial charge in [-0.3, -0.25) is 0 Å². The summed E-state index contributed by atoms with van der Waals surface area (Å²) in [4.78, 5) is 1.50. The molecule has 0 nitrogen and oxygen atoms in total. The molecule has 1 aromatic heterocycles. The summed E-state index contributed by atoms with van der Waals surface area (Å²) in [6.45, 7) is 2.03. The molecular formula is C12H10BrClS. The number of benzene rings is 1. The van der Waals surface area contributed by atoms with Gasteiger partial charge in [-0.2, -0.15) is 0 Å². The Hall–Kier alpha value is -0.310. The van der Waals surface area contributed by atoms with Crippen LogP contribution in [-0.4, -0.2) is 0 Å². The molecule has 0 radical (unpaired) electrons. The molecule has 78 valence electrons. The summed E-state index contributed by atoms with van der Waals surface area (Å²) in [7, 11) is 0. The van der Waals surface area contributed by atoms with Gasteiger partial charge in [0, 0.05) is 4.88 Å². The van der Waals surface area contributed by atoms with Crippen molar-refractivity contribution in [1.29, 1.82) is 0 Å². The summed E-state index contributed by atoms with van der Waals surface area (Å²) in [5.74, 6) is 0. The van der Waals surface area contributed by atoms with Gasteiger partial charge in [0.05, 0.1) is 9.16 Å². The van der Waals surface area contributed by atoms with Gasteiger partial charge in [0.25, 0.3) is 0 Å². The average Bonchev–Trinajstić information content (AvgIpc) is 2.59. The molecule has 0 saturated heterocycles. The Kier molecular flexibility index (Phi) is 3.49. The molecule has 0 bridgehead atoms. The van der Waals surface area contributed by atoms with Gasteiger partial charge in [-0.1, -0.05) is 57.9 Å². The maximum atomic E-state index is 6.06. The number of thiophene rings is 1. The molecule has 0 aliphatic carbocycles. The highest BCUT2D eigenvalue weighted by Crippen LogP contribution is 2.38. The minimum atomic E-state index is 0.245. The lowest BCUT2D eigenvalue weighted by molar-refractivity contribution is 1.22. The molecular weight excluding hydrogens is 292 g/mol. The van der Waals surface area contributed by atoms with Crippen LogP contribution in [0.1, 0.15) is 20.8 Å². The maximum Gasteiger partial charge on any atom is 0.0960 e. The van der Waals surface area contributed by atoms with Crippen LogP contribution in [0.5, 0.6) is 0 Å². The highest BCUT2D eigenvalue weighted by atomic mass is 79.9. The summed E-state index contributed by atoms with van der Waals surface area (Å²) in [5.41, 5.74) is 2.41. The fraction of sp³-hybridized carbons (Fsp3) is 0.167. The van der Waals surface area contributed by atoms with Crippen LogP contribution in [0.3, 0.4) is 0 Å². The molecule has 1 aromatic carbocycles. The van der Waals surface area contributed by atoms with Crippen molar-refractivity contribution in [2.75, 3.05) is 0 Å². The lowest BCUT2D eigenvalue weighted by atomic mass is 10.1. The van der Waals surface area contributed by atoms with E-state index < -0.39 is 0 Å². The Labute approximate surface area is 107 Å². The van der Waals surface area contributed by atoms with Gasteiger partial charge in [0.1, 0.15) is 0 Å². The van der Waals surface area contributed by atoms with E-state index in [4.69, 9.17) is 11.6 Å². The molecule has 0 amide bonds. The monoisotopic (exact) mass is 300 g/mol. The van der Waals surface area contributed by atoms with Crippen LogP contribution >= 0.6 is 38.9 Å². The largest absolute Gasteiger partial charge is 0.127 e. The third-order valence-electron chi connectivity index (χ3n) is 2.22. The van der Waals surface area contributed by atoms with Gasteiger partial charge in [-0.15, -0.1) is 11.3 Å². The van der Waals surface area contributed by atoms with E-state index in [2.05, 4.69) is 34.1 Å². The molecule has 1 unspecified atom stereocenters. The minimum Gasteiger partial charge on any atom is -0.127 e. The molecule has 0 N–H and O–H groups in total. The van der Waals surface area contributed by atoms with Crippen LogP contribution in [-0.2, 0) is 0 Å². The summed E-state index contributed by atoms with van der Waals surface area (Å²) in [5, 5.41) is 0. The van der Waals surface area contributed by atoms with Crippen LogP contribution in [0.25, 0.3) is 0 Å². The molecule has 1 heterocycles. The molecule has 1 atom stereocenters. The van der Waals surface area contributed by atoms with Crippen LogP contribution in [0.15, 0.2) is 36.4 Å². The minimum absolute atomic E-state index is 0.245. The molecule has 15 heavy (non-hydrogen) atoms. The third kappa shape index (κ3) is 2.44. The van der Waals surface area contributed by atoms with Crippen molar-refractivity contribution >= 4 is 38.9 Å². The Balaban J connectivity index is 2.32. The number of aryl methyl sites for hydroxylation is 1. The van der Waals surface area contributed by atoms with Crippen LogP contribution in [0.4, 0.5) is 0 Å². The van der Waals surface area contributed by atoms with E-state index >= 15 is 0 Å². The standard InChI is InChI=1S/C12H10BrClS/c1-8-7-10(15-12(8)14)11(13)9-5-3-2-4-6-9/h2-7,11H,1H3. The SMILES string of the molecule is Cc1cc(C(Br)c2ccccc2)sc1Cl. The summed E-state index contributed by atoms with van der Waals surface area (Å²) in [6, 6.07) is 12.5. The van der Waals surface area contributed by atoms with E-state index in [1.165, 1.54) is 10.4 Å². The van der Waals surface area contributed by atoms with Crippen molar-refractivity contribution in [1.82, 2.24) is 0 Å². The molecule has 0 fully saturated rings. The van der Waals surface area contributed by atoms with Crippen molar-refractivity contribution < 1.29 is 0 Å². The second-order valence-electron chi connectivity index (χ2n) is 3.38. The molecule has 2 rings (SSSR count). The van der Waals surface area contributed by atoms with Gasteiger partial charge in [-0.05, 0) is 24.1 Å². The smallest absolute Gasteiger partial charge is 0.0960 e. The summed E-state index contributed by atoms with van der Waals surface area (Å²) in [6.07, 6.45) is 0. The third-order valence-corrected chi connectivity index (χ3v) is 5.16. The molecule has 0 spiro atoms. The van der Waals surface area contributed by atoms with Gasteiger partial charge in [-0.25, -0.2) is 0 Å².